The number of rotatable bonds is 4. The van der Waals surface area contributed by atoms with E-state index in [9.17, 15) is 4.79 Å². The Hall–Kier alpha value is -1.95. The number of nitrogen functional groups attached to an aromatic ring is 1. The Bertz CT molecular complexity index is 497. The molecule has 0 aliphatic carbocycles. The first-order chi connectivity index (χ1) is 8.25. The number of nitrogens with zero attached hydrogens (tertiary/aromatic N) is 1. The lowest BCUT2D eigenvalue weighted by molar-refractivity contribution is -0.113. The van der Waals surface area contributed by atoms with Crippen LogP contribution in [0.2, 0.25) is 0 Å². The molecular formula is C11H12N4OS. The fourth-order valence-electron chi connectivity index (χ4n) is 1.24. The maximum absolute atomic E-state index is 11.6. The summed E-state index contributed by atoms with van der Waals surface area (Å²) in [6.07, 6.45) is 1.46. The first-order valence-electron chi connectivity index (χ1n) is 5.02. The third-order valence-electron chi connectivity index (χ3n) is 2.05. The molecule has 0 fully saturated rings. The molecule has 1 aromatic heterocycles. The van der Waals surface area contributed by atoms with Gasteiger partial charge in [0.15, 0.2) is 5.82 Å². The first kappa shape index (κ1) is 11.5. The molecule has 0 atom stereocenters. The highest BCUT2D eigenvalue weighted by atomic mass is 32.2. The standard InChI is InChI=1S/C11H12N4OS/c12-9-6-13-15-11(9)14-10(16)7-17-8-4-2-1-3-5-8/h1-6H,7,12H2,(H2,13,14,15,16). The molecule has 0 saturated heterocycles. The van der Waals surface area contributed by atoms with Gasteiger partial charge in [0.05, 0.1) is 17.6 Å². The van der Waals surface area contributed by atoms with Crippen LogP contribution in [0.3, 0.4) is 0 Å². The quantitative estimate of drug-likeness (QED) is 0.719. The van der Waals surface area contributed by atoms with Crippen LogP contribution in [0.4, 0.5) is 11.5 Å². The second kappa shape index (κ2) is 5.40. The second-order valence-electron chi connectivity index (χ2n) is 3.35. The molecule has 2 aromatic rings. The summed E-state index contributed by atoms with van der Waals surface area (Å²) in [6.45, 7) is 0. The maximum atomic E-state index is 11.6. The zero-order valence-electron chi connectivity index (χ0n) is 9.01. The number of carbonyl (C=O) groups is 1. The number of H-pyrrole nitrogens is 1. The van der Waals surface area contributed by atoms with Crippen molar-refractivity contribution in [3.8, 4) is 0 Å². The highest BCUT2D eigenvalue weighted by Crippen LogP contribution is 2.18. The number of nitrogens with one attached hydrogen (secondary N) is 2. The average molecular weight is 248 g/mol. The fraction of sp³-hybridized carbons (Fsp3) is 0.0909. The Morgan fingerprint density at radius 1 is 1.41 bits per heavy atom. The Morgan fingerprint density at radius 2 is 2.18 bits per heavy atom. The van der Waals surface area contributed by atoms with Crippen LogP contribution >= 0.6 is 11.8 Å². The minimum Gasteiger partial charge on any atom is -0.394 e. The number of amides is 1. The summed E-state index contributed by atoms with van der Waals surface area (Å²) < 4.78 is 0. The van der Waals surface area contributed by atoms with Gasteiger partial charge in [-0.05, 0) is 12.1 Å². The van der Waals surface area contributed by atoms with E-state index in [0.29, 0.717) is 17.3 Å². The van der Waals surface area contributed by atoms with E-state index in [2.05, 4.69) is 15.5 Å². The number of nitrogens with two attached hydrogens (primary N) is 1. The third kappa shape index (κ3) is 3.25. The Labute approximate surface area is 103 Å². The summed E-state index contributed by atoms with van der Waals surface area (Å²) in [6, 6.07) is 9.74. The lowest BCUT2D eigenvalue weighted by Gasteiger charge is -2.03. The van der Waals surface area contributed by atoms with E-state index < -0.39 is 0 Å². The molecule has 0 radical (unpaired) electrons. The monoisotopic (exact) mass is 248 g/mol. The normalized spacial score (nSPS) is 10.1. The van der Waals surface area contributed by atoms with Gasteiger partial charge in [0.2, 0.25) is 5.91 Å². The van der Waals surface area contributed by atoms with Gasteiger partial charge in [0.25, 0.3) is 0 Å². The predicted molar refractivity (Wildman–Crippen MR) is 68.8 cm³/mol. The molecule has 17 heavy (non-hydrogen) atoms. The van der Waals surface area contributed by atoms with Crippen LogP contribution < -0.4 is 11.1 Å². The molecule has 4 N–H and O–H groups in total. The van der Waals surface area contributed by atoms with Crippen molar-refractivity contribution < 1.29 is 4.79 Å². The molecule has 0 aliphatic rings. The molecule has 0 unspecified atom stereocenters. The van der Waals surface area contributed by atoms with E-state index in [0.717, 1.165) is 4.90 Å². The Morgan fingerprint density at radius 3 is 2.82 bits per heavy atom. The van der Waals surface area contributed by atoms with Crippen LogP contribution in [0, 0.1) is 0 Å². The van der Waals surface area contributed by atoms with E-state index in [-0.39, 0.29) is 5.91 Å². The molecule has 2 rings (SSSR count). The van der Waals surface area contributed by atoms with Gasteiger partial charge in [-0.2, -0.15) is 5.10 Å². The van der Waals surface area contributed by atoms with Crippen LogP contribution in [0.1, 0.15) is 0 Å². The van der Waals surface area contributed by atoms with Gasteiger partial charge in [-0.3, -0.25) is 9.89 Å². The van der Waals surface area contributed by atoms with Crippen LogP contribution in [0.5, 0.6) is 0 Å². The molecule has 1 heterocycles. The summed E-state index contributed by atoms with van der Waals surface area (Å²) in [5.74, 6) is 0.668. The van der Waals surface area contributed by atoms with Crippen molar-refractivity contribution in [2.45, 2.75) is 4.90 Å². The van der Waals surface area contributed by atoms with Crippen LogP contribution in [0.15, 0.2) is 41.4 Å². The first-order valence-corrected chi connectivity index (χ1v) is 6.01. The summed E-state index contributed by atoms with van der Waals surface area (Å²) in [7, 11) is 0. The van der Waals surface area contributed by atoms with Crippen molar-refractivity contribution in [1.82, 2.24) is 10.2 Å². The van der Waals surface area contributed by atoms with Gasteiger partial charge < -0.3 is 11.1 Å². The lowest BCUT2D eigenvalue weighted by atomic mass is 10.4. The molecule has 0 saturated carbocycles. The number of carbonyl (C=O) groups excluding carboxylic acids is 1. The summed E-state index contributed by atoms with van der Waals surface area (Å²) >= 11 is 1.47. The van der Waals surface area contributed by atoms with Gasteiger partial charge in [-0.1, -0.05) is 18.2 Å². The van der Waals surface area contributed by atoms with Crippen molar-refractivity contribution in [3.63, 3.8) is 0 Å². The number of benzene rings is 1. The molecule has 5 nitrogen and oxygen atoms in total. The molecular weight excluding hydrogens is 236 g/mol. The van der Waals surface area contributed by atoms with E-state index >= 15 is 0 Å². The molecule has 6 heteroatoms. The van der Waals surface area contributed by atoms with E-state index in [1.54, 1.807) is 0 Å². The van der Waals surface area contributed by atoms with Crippen molar-refractivity contribution in [3.05, 3.63) is 36.5 Å². The molecule has 1 aromatic carbocycles. The van der Waals surface area contributed by atoms with Crippen molar-refractivity contribution in [2.24, 2.45) is 0 Å². The molecule has 1 amide bonds. The van der Waals surface area contributed by atoms with Crippen LogP contribution in [0.25, 0.3) is 0 Å². The van der Waals surface area contributed by atoms with E-state index in [4.69, 9.17) is 5.73 Å². The fourth-order valence-corrected chi connectivity index (χ4v) is 1.96. The Kier molecular flexibility index (Phi) is 3.66. The molecule has 88 valence electrons. The van der Waals surface area contributed by atoms with Crippen molar-refractivity contribution in [2.75, 3.05) is 16.8 Å². The van der Waals surface area contributed by atoms with Gasteiger partial charge in [0.1, 0.15) is 0 Å². The number of aromatic amines is 1. The zero-order chi connectivity index (χ0) is 12.1. The number of anilines is 2. The maximum Gasteiger partial charge on any atom is 0.235 e. The number of aromatic nitrogens is 2. The number of hydrogen-bond acceptors (Lipinski definition) is 4. The third-order valence-corrected chi connectivity index (χ3v) is 3.06. The smallest absolute Gasteiger partial charge is 0.235 e. The molecule has 0 spiro atoms. The molecule has 0 aliphatic heterocycles. The highest BCUT2D eigenvalue weighted by molar-refractivity contribution is 8.00. The topological polar surface area (TPSA) is 83.8 Å². The zero-order valence-corrected chi connectivity index (χ0v) is 9.83. The van der Waals surface area contributed by atoms with E-state index in [1.807, 2.05) is 30.3 Å². The van der Waals surface area contributed by atoms with E-state index in [1.165, 1.54) is 18.0 Å². The highest BCUT2D eigenvalue weighted by Gasteiger charge is 2.06. The van der Waals surface area contributed by atoms with Crippen molar-refractivity contribution in [1.29, 1.82) is 0 Å². The van der Waals surface area contributed by atoms with Gasteiger partial charge >= 0.3 is 0 Å². The largest absolute Gasteiger partial charge is 0.394 e. The van der Waals surface area contributed by atoms with Crippen LogP contribution in [-0.4, -0.2) is 21.9 Å². The lowest BCUT2D eigenvalue weighted by Crippen LogP contribution is -2.15. The van der Waals surface area contributed by atoms with Crippen LogP contribution in [-0.2, 0) is 4.79 Å². The van der Waals surface area contributed by atoms with Gasteiger partial charge in [0, 0.05) is 4.90 Å². The summed E-state index contributed by atoms with van der Waals surface area (Å²) in [5.41, 5.74) is 6.01. The second-order valence-corrected chi connectivity index (χ2v) is 4.40. The SMILES string of the molecule is Nc1cn[nH]c1NC(=O)CSc1ccccc1. The minimum absolute atomic E-state index is 0.116. The number of hydrogen-bond donors (Lipinski definition) is 3. The summed E-state index contributed by atoms with van der Waals surface area (Å²) in [5, 5.41) is 9.00. The average Bonchev–Trinajstić information content (AvgIpc) is 2.74. The van der Waals surface area contributed by atoms with Crippen molar-refractivity contribution >= 4 is 29.2 Å². The Balaban J connectivity index is 1.85. The number of thioether (sulfide) groups is 1. The van der Waals surface area contributed by atoms with Gasteiger partial charge in [-0.15, -0.1) is 11.8 Å². The van der Waals surface area contributed by atoms with Gasteiger partial charge in [-0.25, -0.2) is 0 Å². The predicted octanol–water partition coefficient (Wildman–Crippen LogP) is 1.72. The minimum atomic E-state index is -0.116. The molecule has 0 bridgehead atoms. The summed E-state index contributed by atoms with van der Waals surface area (Å²) in [4.78, 5) is 12.7.